The van der Waals surface area contributed by atoms with E-state index in [1.807, 2.05) is 0 Å². The first-order valence-electron chi connectivity index (χ1n) is 11.5. The van der Waals surface area contributed by atoms with Crippen LogP contribution in [-0.4, -0.2) is 8.07 Å². The topological polar surface area (TPSA) is 13.1 Å². The molecular weight excluding hydrogens is 416 g/mol. The smallest absolute Gasteiger partial charge is 0.180 e. The van der Waals surface area contributed by atoms with E-state index < -0.39 is 8.07 Å². The quantitative estimate of drug-likeness (QED) is 0.336. The van der Waals surface area contributed by atoms with E-state index in [2.05, 4.69) is 122 Å². The van der Waals surface area contributed by atoms with Gasteiger partial charge in [-0.3, -0.25) is 0 Å². The van der Waals surface area contributed by atoms with E-state index in [1.165, 1.54) is 48.2 Å². The molecule has 7 rings (SSSR count). The number of hydrogen-bond donors (Lipinski definition) is 0. The first kappa shape index (κ1) is 18.7. The van der Waals surface area contributed by atoms with E-state index in [9.17, 15) is 0 Å². The molecule has 0 atom stereocenters. The predicted octanol–water partition coefficient (Wildman–Crippen LogP) is 5.25. The van der Waals surface area contributed by atoms with Crippen molar-refractivity contribution in [2.75, 3.05) is 0 Å². The van der Waals surface area contributed by atoms with Gasteiger partial charge >= 0.3 is 0 Å². The Bertz CT molecular complexity index is 1620. The minimum absolute atomic E-state index is 0.958. The van der Waals surface area contributed by atoms with Gasteiger partial charge in [-0.25, -0.2) is 0 Å². The number of benzene rings is 5. The maximum atomic E-state index is 6.34. The van der Waals surface area contributed by atoms with Crippen LogP contribution >= 0.6 is 0 Å². The minimum Gasteiger partial charge on any atom is -0.456 e. The SMILES string of the molecule is Cc1ccc2oc3ccc4c(c3c2c1)-c1ccccc1[Si]4(c1ccccc1)c1ccccc1. The van der Waals surface area contributed by atoms with Gasteiger partial charge in [-0.2, -0.15) is 0 Å². The van der Waals surface area contributed by atoms with Crippen molar-refractivity contribution in [3.8, 4) is 11.1 Å². The van der Waals surface area contributed by atoms with Gasteiger partial charge in [0.05, 0.1) is 0 Å². The Balaban J connectivity index is 1.73. The highest BCUT2D eigenvalue weighted by molar-refractivity contribution is 7.22. The summed E-state index contributed by atoms with van der Waals surface area (Å²) in [6.07, 6.45) is 0. The van der Waals surface area contributed by atoms with Crippen molar-refractivity contribution in [2.45, 2.75) is 6.92 Å². The van der Waals surface area contributed by atoms with E-state index in [4.69, 9.17) is 4.42 Å². The van der Waals surface area contributed by atoms with Gasteiger partial charge in [-0.1, -0.05) is 103 Å². The van der Waals surface area contributed by atoms with Crippen LogP contribution in [-0.2, 0) is 0 Å². The summed E-state index contributed by atoms with van der Waals surface area (Å²) >= 11 is 0. The van der Waals surface area contributed by atoms with Gasteiger partial charge in [0, 0.05) is 10.8 Å². The molecule has 0 fully saturated rings. The standard InChI is InChI=1S/C31H22OSi/c1-21-16-17-26-25(20-21)30-27(32-26)18-19-29-31(30)24-14-8-9-15-28(24)33(29,22-10-4-2-5-11-22)23-12-6-3-7-13-23/h2-20H,1H3. The molecule has 0 radical (unpaired) electrons. The third kappa shape index (κ3) is 2.41. The van der Waals surface area contributed by atoms with Crippen molar-refractivity contribution < 1.29 is 4.42 Å². The number of hydrogen-bond acceptors (Lipinski definition) is 1. The molecule has 6 aromatic rings. The highest BCUT2D eigenvalue weighted by Crippen LogP contribution is 2.39. The molecule has 0 N–H and O–H groups in total. The van der Waals surface area contributed by atoms with Crippen LogP contribution in [0.15, 0.2) is 120 Å². The predicted molar refractivity (Wildman–Crippen MR) is 141 cm³/mol. The summed E-state index contributed by atoms with van der Waals surface area (Å²) in [4.78, 5) is 0. The third-order valence-electron chi connectivity index (χ3n) is 7.21. The molecule has 156 valence electrons. The summed E-state index contributed by atoms with van der Waals surface area (Å²) in [7, 11) is -2.46. The lowest BCUT2D eigenvalue weighted by molar-refractivity contribution is 0.669. The monoisotopic (exact) mass is 438 g/mol. The maximum absolute atomic E-state index is 6.34. The Morgan fingerprint density at radius 1 is 0.576 bits per heavy atom. The molecule has 33 heavy (non-hydrogen) atoms. The van der Waals surface area contributed by atoms with Gasteiger partial charge < -0.3 is 4.42 Å². The van der Waals surface area contributed by atoms with Crippen LogP contribution in [0.4, 0.5) is 0 Å². The van der Waals surface area contributed by atoms with Crippen molar-refractivity contribution in [1.82, 2.24) is 0 Å². The first-order chi connectivity index (χ1) is 16.3. The molecule has 0 unspecified atom stereocenters. The second-order valence-corrected chi connectivity index (χ2v) is 12.7. The number of aryl methyl sites for hydroxylation is 1. The van der Waals surface area contributed by atoms with Crippen molar-refractivity contribution in [2.24, 2.45) is 0 Å². The summed E-state index contributed by atoms with van der Waals surface area (Å²) in [5, 5.41) is 8.23. The average molecular weight is 439 g/mol. The summed E-state index contributed by atoms with van der Waals surface area (Å²) in [5.41, 5.74) is 5.88. The van der Waals surface area contributed by atoms with Crippen LogP contribution in [0, 0.1) is 6.92 Å². The molecule has 2 heterocycles. The summed E-state index contributed by atoms with van der Waals surface area (Å²) in [6.45, 7) is 2.16. The Morgan fingerprint density at radius 3 is 1.94 bits per heavy atom. The molecular formula is C31H22OSi. The number of rotatable bonds is 2. The Labute approximate surface area is 194 Å². The van der Waals surface area contributed by atoms with Crippen LogP contribution in [0.3, 0.4) is 0 Å². The van der Waals surface area contributed by atoms with Crippen molar-refractivity contribution in [1.29, 1.82) is 0 Å². The van der Waals surface area contributed by atoms with Gasteiger partial charge in [0.25, 0.3) is 0 Å². The van der Waals surface area contributed by atoms with Crippen molar-refractivity contribution in [3.63, 3.8) is 0 Å². The summed E-state index contributed by atoms with van der Waals surface area (Å²) in [6, 6.07) is 42.4. The molecule has 1 aromatic heterocycles. The van der Waals surface area contributed by atoms with E-state index in [0.717, 1.165) is 11.2 Å². The van der Waals surface area contributed by atoms with Gasteiger partial charge in [-0.15, -0.1) is 0 Å². The summed E-state index contributed by atoms with van der Waals surface area (Å²) in [5.74, 6) is 0. The van der Waals surface area contributed by atoms with E-state index in [0.29, 0.717) is 0 Å². The molecule has 0 bridgehead atoms. The largest absolute Gasteiger partial charge is 0.456 e. The van der Waals surface area contributed by atoms with E-state index in [-0.39, 0.29) is 0 Å². The van der Waals surface area contributed by atoms with E-state index >= 15 is 0 Å². The van der Waals surface area contributed by atoms with Gasteiger partial charge in [0.15, 0.2) is 8.07 Å². The molecule has 1 aliphatic heterocycles. The molecule has 0 saturated carbocycles. The number of fused-ring (bicyclic) bond motifs is 7. The van der Waals surface area contributed by atoms with Crippen molar-refractivity contribution in [3.05, 3.63) is 121 Å². The van der Waals surface area contributed by atoms with Gasteiger partial charge in [-0.05, 0) is 57.0 Å². The van der Waals surface area contributed by atoms with Crippen molar-refractivity contribution >= 4 is 50.8 Å². The molecule has 0 saturated heterocycles. The molecule has 0 amide bonds. The average Bonchev–Trinajstić information content (AvgIpc) is 3.38. The summed E-state index contributed by atoms with van der Waals surface area (Å²) < 4.78 is 6.34. The lowest BCUT2D eigenvalue weighted by Gasteiger charge is -2.31. The highest BCUT2D eigenvalue weighted by atomic mass is 28.3. The zero-order chi connectivity index (χ0) is 22.0. The lowest BCUT2D eigenvalue weighted by Crippen LogP contribution is -2.72. The molecule has 1 aliphatic rings. The molecule has 0 aliphatic carbocycles. The van der Waals surface area contributed by atoms with E-state index in [1.54, 1.807) is 0 Å². The van der Waals surface area contributed by atoms with Crippen LogP contribution in [0.25, 0.3) is 33.1 Å². The zero-order valence-electron chi connectivity index (χ0n) is 18.4. The third-order valence-corrected chi connectivity index (χ3v) is 12.1. The Kier molecular flexibility index (Phi) is 3.85. The minimum atomic E-state index is -2.46. The fraction of sp³-hybridized carbons (Fsp3) is 0.0323. The fourth-order valence-corrected chi connectivity index (χ4v) is 11.1. The zero-order valence-corrected chi connectivity index (χ0v) is 19.4. The molecule has 0 spiro atoms. The fourth-order valence-electron chi connectivity index (χ4n) is 5.91. The van der Waals surface area contributed by atoms with Crippen LogP contribution in [0.5, 0.6) is 0 Å². The molecule has 5 aromatic carbocycles. The van der Waals surface area contributed by atoms with Crippen LogP contribution in [0.1, 0.15) is 5.56 Å². The normalized spacial score (nSPS) is 13.8. The second-order valence-electron chi connectivity index (χ2n) is 8.99. The maximum Gasteiger partial charge on any atom is 0.180 e. The Morgan fingerprint density at radius 2 is 1.21 bits per heavy atom. The van der Waals surface area contributed by atoms with Crippen LogP contribution < -0.4 is 20.7 Å². The highest BCUT2D eigenvalue weighted by Gasteiger charge is 2.49. The molecule has 1 nitrogen and oxygen atoms in total. The van der Waals surface area contributed by atoms with Crippen LogP contribution in [0.2, 0.25) is 0 Å². The van der Waals surface area contributed by atoms with Gasteiger partial charge in [0.2, 0.25) is 0 Å². The Hall–Kier alpha value is -3.88. The second kappa shape index (κ2) is 6.81. The first-order valence-corrected chi connectivity index (χ1v) is 13.5. The number of furan rings is 1. The lowest BCUT2D eigenvalue weighted by atomic mass is 9.99. The van der Waals surface area contributed by atoms with Gasteiger partial charge in [0.1, 0.15) is 11.2 Å². The molecule has 2 heteroatoms.